The minimum atomic E-state index is -0.417. The normalized spacial score (nSPS) is 10.4. The van der Waals surface area contributed by atoms with Crippen LogP contribution in [0.3, 0.4) is 0 Å². The average Bonchev–Trinajstić information content (AvgIpc) is 0.844. The summed E-state index contributed by atoms with van der Waals surface area (Å²) in [5, 5.41) is 22.1. The van der Waals surface area contributed by atoms with Crippen molar-refractivity contribution in [2.45, 2.75) is 125 Å². The second kappa shape index (κ2) is 55.4. The third kappa shape index (κ3) is 34.2. The maximum atomic E-state index is 12.9. The van der Waals surface area contributed by atoms with Gasteiger partial charge in [0.05, 0.1) is 58.7 Å². The van der Waals surface area contributed by atoms with Gasteiger partial charge >= 0.3 is 0 Å². The number of pyridine rings is 4. The molecule has 0 aliphatic carbocycles. The Labute approximate surface area is 775 Å². The molecule has 12 rings (SSSR count). The molecule has 0 spiro atoms. The van der Waals surface area contributed by atoms with Crippen LogP contribution in [0.5, 0.6) is 11.5 Å². The van der Waals surface area contributed by atoms with Crippen LogP contribution < -0.4 is 74.9 Å². The highest BCUT2D eigenvalue weighted by atomic mass is 16.5. The zero-order valence-corrected chi connectivity index (χ0v) is 74.5. The molecule has 29 nitrogen and oxygen atoms in total. The molecule has 0 saturated heterocycles. The van der Waals surface area contributed by atoms with Crippen LogP contribution in [-0.4, -0.2) is 124 Å². The second-order valence-corrected chi connectivity index (χ2v) is 30.6. The van der Waals surface area contributed by atoms with E-state index in [1.54, 1.807) is 249 Å². The molecule has 133 heavy (non-hydrogen) atoms. The summed E-state index contributed by atoms with van der Waals surface area (Å²) in [6.07, 6.45) is 18.8. The first kappa shape index (κ1) is 103. The largest absolute Gasteiger partial charge is 0.497 e. The lowest BCUT2D eigenvalue weighted by Crippen LogP contribution is -2.19. The van der Waals surface area contributed by atoms with Crippen molar-refractivity contribution in [2.24, 2.45) is 22.9 Å². The Bertz CT molecular complexity index is 5820. The van der Waals surface area contributed by atoms with Gasteiger partial charge in [-0.1, -0.05) is 129 Å². The van der Waals surface area contributed by atoms with E-state index in [1.165, 1.54) is 7.11 Å². The lowest BCUT2D eigenvalue weighted by molar-refractivity contribution is 0.0971. The first-order chi connectivity index (χ1) is 64.0. The molecule has 0 aliphatic heterocycles. The molecule has 0 atom stereocenters. The van der Waals surface area contributed by atoms with Gasteiger partial charge in [-0.25, -0.2) is 19.9 Å². The van der Waals surface area contributed by atoms with E-state index in [9.17, 15) is 52.7 Å². The molecule has 0 radical (unpaired) electrons. The van der Waals surface area contributed by atoms with E-state index in [4.69, 9.17) is 32.4 Å². The lowest BCUT2D eigenvalue weighted by atomic mass is 10.0. The molecule has 0 saturated carbocycles. The molecule has 690 valence electrons. The fourth-order valence-electron chi connectivity index (χ4n) is 13.1. The Morgan fingerprint density at radius 3 is 0.812 bits per heavy atom. The summed E-state index contributed by atoms with van der Waals surface area (Å²) in [6, 6.07) is 67.9. The van der Waals surface area contributed by atoms with Gasteiger partial charge in [-0.3, -0.25) is 52.7 Å². The van der Waals surface area contributed by atoms with E-state index < -0.39 is 5.91 Å². The summed E-state index contributed by atoms with van der Waals surface area (Å²) < 4.78 is 10.9. The van der Waals surface area contributed by atoms with E-state index in [2.05, 4.69) is 62.5 Å². The van der Waals surface area contributed by atoms with Crippen LogP contribution >= 0.6 is 0 Å². The number of carbonyl (C=O) groups excluding carboxylic acids is 11. The van der Waals surface area contributed by atoms with Gasteiger partial charge in [0.1, 0.15) is 34.8 Å². The number of carbonyl (C=O) groups is 11. The van der Waals surface area contributed by atoms with Gasteiger partial charge in [0.2, 0.25) is 0 Å². The van der Waals surface area contributed by atoms with Crippen LogP contribution in [0.25, 0.3) is 0 Å². The molecule has 0 fully saturated rings. The van der Waals surface area contributed by atoms with Crippen molar-refractivity contribution in [3.05, 3.63) is 345 Å². The van der Waals surface area contributed by atoms with Gasteiger partial charge in [-0.2, -0.15) is 0 Å². The Hall–Kier alpha value is -15.4. The number of nitrogens with zero attached hydrogens (tertiary/aromatic N) is 4. The molecule has 16 N–H and O–H groups in total. The third-order valence-electron chi connectivity index (χ3n) is 20.3. The van der Waals surface area contributed by atoms with Crippen LogP contribution in [0.4, 0.5) is 46.0 Å². The van der Waals surface area contributed by atoms with E-state index in [-0.39, 0.29) is 71.7 Å². The summed E-state index contributed by atoms with van der Waals surface area (Å²) in [5.74, 6) is -0.00332. The number of rotatable bonds is 41. The summed E-state index contributed by atoms with van der Waals surface area (Å²) in [6.45, 7) is 8.72. The van der Waals surface area contributed by atoms with E-state index in [0.29, 0.717) is 165 Å². The zero-order chi connectivity index (χ0) is 94.4. The summed E-state index contributed by atoms with van der Waals surface area (Å²) in [4.78, 5) is 156. The van der Waals surface area contributed by atoms with Gasteiger partial charge < -0.3 is 74.9 Å². The number of amides is 8. The number of aromatic nitrogens is 4. The van der Waals surface area contributed by atoms with Crippen molar-refractivity contribution < 1.29 is 62.2 Å². The Morgan fingerprint density at radius 1 is 0.263 bits per heavy atom. The minimum Gasteiger partial charge on any atom is -0.497 e. The molecular weight excluding hydrogens is 1680 g/mol. The number of benzene rings is 8. The molecule has 4 heterocycles. The van der Waals surface area contributed by atoms with Gasteiger partial charge in [-0.15, -0.1) is 0 Å². The topological polar surface area (TPSA) is 458 Å². The quantitative estimate of drug-likeness (QED) is 0.0125. The number of nitrogens with one attached hydrogen (secondary N) is 8. The minimum absolute atomic E-state index is 0. The van der Waals surface area contributed by atoms with E-state index in [1.807, 2.05) is 39.0 Å². The van der Waals surface area contributed by atoms with E-state index in [0.717, 1.165) is 93.7 Å². The third-order valence-corrected chi connectivity index (χ3v) is 20.3. The number of ketones is 3. The van der Waals surface area contributed by atoms with Crippen LogP contribution in [0.2, 0.25) is 0 Å². The fourth-order valence-corrected chi connectivity index (χ4v) is 13.1. The smallest absolute Gasteiger partial charge is 0.259 e. The highest BCUT2D eigenvalue weighted by Crippen LogP contribution is 2.28. The fraction of sp³-hybridized carbons (Fsp3) is 0.240. The highest BCUT2D eigenvalue weighted by molar-refractivity contribution is 6.16. The zero-order valence-electron chi connectivity index (χ0n) is 74.5. The summed E-state index contributed by atoms with van der Waals surface area (Å²) in [5.41, 5.74) is 30.7. The maximum absolute atomic E-state index is 12.9. The lowest BCUT2D eigenvalue weighted by Gasteiger charge is -2.13. The number of methoxy groups -OCH3 is 1. The van der Waals surface area contributed by atoms with Gasteiger partial charge in [0.25, 0.3) is 47.3 Å². The summed E-state index contributed by atoms with van der Waals surface area (Å²) in [7, 11) is 1.51. The molecule has 8 aromatic carbocycles. The average molecular weight is 1800 g/mol. The molecule has 4 aromatic heterocycles. The number of hydrogen-bond donors (Lipinski definition) is 12. The number of anilines is 8. The molecule has 0 aliphatic rings. The van der Waals surface area contributed by atoms with Crippen LogP contribution in [-0.2, 0) is 0 Å². The van der Waals surface area contributed by atoms with Crippen molar-refractivity contribution in [2.75, 3.05) is 82.4 Å². The number of aryl methyl sites for hydroxylation is 3. The molecule has 29 heteroatoms. The number of unbranched alkanes of at least 4 members (excludes halogenated alkanes) is 8. The number of Topliss-reactive ketones (excluding diaryl/α,β-unsaturated/α-hetero) is 3. The van der Waals surface area contributed by atoms with Crippen LogP contribution in [0.1, 0.15) is 234 Å². The van der Waals surface area contributed by atoms with E-state index >= 15 is 0 Å². The monoisotopic (exact) mass is 1800 g/mol. The van der Waals surface area contributed by atoms with Crippen LogP contribution in [0.15, 0.2) is 267 Å². The first-order valence-electron chi connectivity index (χ1n) is 43.6. The van der Waals surface area contributed by atoms with Gasteiger partial charge in [0, 0.05) is 83.0 Å². The van der Waals surface area contributed by atoms with Crippen molar-refractivity contribution >= 4 is 111 Å². The maximum Gasteiger partial charge on any atom is 0.259 e. The predicted octanol–water partition coefficient (Wildman–Crippen LogP) is 18.5. The number of ether oxygens (including phenoxy) is 2. The predicted molar refractivity (Wildman–Crippen MR) is 524 cm³/mol. The first-order valence-corrected chi connectivity index (χ1v) is 43.6. The molecule has 12 aromatic rings. The van der Waals surface area contributed by atoms with Crippen molar-refractivity contribution in [1.82, 2.24) is 19.9 Å². The second-order valence-electron chi connectivity index (χ2n) is 30.6. The van der Waals surface area contributed by atoms with Gasteiger partial charge in [-0.05, 0) is 262 Å². The van der Waals surface area contributed by atoms with Crippen LogP contribution in [0, 0.1) is 20.8 Å². The standard InChI is InChI=1S/C28H32N4O3.C26H28N4O3.C25H26N4O3.C24H26N4O4.CH4/c1-20-11-16-24(23(19-20)28(35)32-26-10-6-8-18-30-26)31-27(34)22-14-12-21(13-15-22)25(33)9-5-3-2-4-7-17-29;1-18-9-14-22(21(17-18)26(33)30-24-8-4-6-16-28-24)29-25(32)20-12-10-19(11-13-20)23(31)7-3-2-5-15-27;1-17-8-13-21(20(16-17)25(32)29-23-7-3-5-15-27-23)28-24(31)19-11-9-18(10-12-19)22(30)6-2-4-14-26;1-31-19-11-12-21(20(16-19)24(30)28-22-6-2-4-14-26-22)27-23(29)17-7-9-18(10-8-17)32-15-5-3-13-25;/h6,8,10-16,18-19H,2-5,7,9,17,29H2,1H3,(H,31,34)(H,30,32,35);4,6,8-14,16-17H,2-3,5,7,15,27H2,1H3,(H,29,32)(H,28,30,33);3,5,7-13,15-16H,2,4,6,14,26H2,1H3,(H,28,31)(H,27,29,32);2,4,6-12,14,16H,3,5,13,15,25H2,1H3,(H,27,29)(H,26,28,30);1H4. The van der Waals surface area contributed by atoms with Crippen molar-refractivity contribution in [3.63, 3.8) is 0 Å². The number of hydrogen-bond acceptors (Lipinski definition) is 21. The van der Waals surface area contributed by atoms with Crippen molar-refractivity contribution in [3.8, 4) is 11.5 Å². The SMILES string of the molecule is C.COc1ccc(NC(=O)c2ccc(OCCCCN)cc2)c(C(=O)Nc2ccccn2)c1.Cc1ccc(NC(=O)c2ccc(C(=O)CCCCCCCN)cc2)c(C(=O)Nc2ccccn2)c1.Cc1ccc(NC(=O)c2ccc(C(=O)CCCCCN)cc2)c(C(=O)Nc2ccccn2)c1.Cc1ccc(NC(=O)c2ccc(C(=O)CCCCN)cc2)c(C(=O)Nc2ccccn2)c1. The molecule has 0 bridgehead atoms. The highest BCUT2D eigenvalue weighted by Gasteiger charge is 2.23. The van der Waals surface area contributed by atoms with Crippen molar-refractivity contribution in [1.29, 1.82) is 0 Å². The molecule has 8 amide bonds. The summed E-state index contributed by atoms with van der Waals surface area (Å²) >= 11 is 0. The molecular formula is C104H116N16O13. The number of nitrogens with two attached hydrogens (primary N) is 4. The van der Waals surface area contributed by atoms with Gasteiger partial charge in [0.15, 0.2) is 17.3 Å². The Morgan fingerprint density at radius 2 is 0.511 bits per heavy atom. The Kier molecular flexibility index (Phi) is 42.9. The molecule has 0 unspecified atom stereocenters. The Balaban J connectivity index is 0.000000218.